The van der Waals surface area contributed by atoms with Gasteiger partial charge in [0.2, 0.25) is 11.0 Å². The number of amides is 1. The molecule has 1 fully saturated rings. The molecule has 1 aliphatic rings. The van der Waals surface area contributed by atoms with Gasteiger partial charge in [0.05, 0.1) is 5.92 Å². The van der Waals surface area contributed by atoms with Gasteiger partial charge in [0.1, 0.15) is 0 Å². The highest BCUT2D eigenvalue weighted by atomic mass is 35.5. The van der Waals surface area contributed by atoms with Crippen molar-refractivity contribution in [2.45, 2.75) is 11.0 Å². The van der Waals surface area contributed by atoms with Gasteiger partial charge in [-0.25, -0.2) is 4.39 Å². The van der Waals surface area contributed by atoms with Crippen molar-refractivity contribution in [2.75, 3.05) is 5.32 Å². The van der Waals surface area contributed by atoms with Crippen molar-refractivity contribution < 1.29 is 9.18 Å². The molecule has 130 valence electrons. The van der Waals surface area contributed by atoms with Gasteiger partial charge in [0, 0.05) is 26.7 Å². The molecule has 1 N–H and O–H groups in total. The summed E-state index contributed by atoms with van der Waals surface area (Å²) in [5.74, 6) is -2.40. The average molecular weight is 419 g/mol. The fourth-order valence-corrected chi connectivity index (χ4v) is 3.97. The summed E-state index contributed by atoms with van der Waals surface area (Å²) >= 11 is 23.8. The van der Waals surface area contributed by atoms with Crippen LogP contribution < -0.4 is 5.32 Å². The molecule has 0 aliphatic heterocycles. The van der Waals surface area contributed by atoms with Crippen molar-refractivity contribution in [1.82, 2.24) is 0 Å². The Labute approximate surface area is 164 Å². The third kappa shape index (κ3) is 3.65. The van der Waals surface area contributed by atoms with Gasteiger partial charge in [-0.15, -0.1) is 0 Å². The maximum absolute atomic E-state index is 14.6. The van der Waals surface area contributed by atoms with Crippen LogP contribution in [0.5, 0.6) is 0 Å². The number of hydrogen-bond acceptors (Lipinski definition) is 1. The summed E-state index contributed by atoms with van der Waals surface area (Å²) in [6.45, 7) is 3.65. The Morgan fingerprint density at radius 3 is 2.40 bits per heavy atom. The number of alkyl halides is 2. The molecule has 1 aliphatic carbocycles. The van der Waals surface area contributed by atoms with Gasteiger partial charge in [-0.2, -0.15) is 0 Å². The van der Waals surface area contributed by atoms with Gasteiger partial charge in [0.25, 0.3) is 0 Å². The van der Waals surface area contributed by atoms with E-state index in [1.54, 1.807) is 36.4 Å². The summed E-state index contributed by atoms with van der Waals surface area (Å²) in [5.41, 5.74) is 1.62. The Hall–Kier alpha value is -1.26. The molecule has 7 heteroatoms. The number of carbonyl (C=O) groups excluding carboxylic acids is 1. The largest absolute Gasteiger partial charge is 0.326 e. The summed E-state index contributed by atoms with van der Waals surface area (Å²) in [4.78, 5) is 12.5. The van der Waals surface area contributed by atoms with Crippen molar-refractivity contribution in [3.63, 3.8) is 0 Å². The highest BCUT2D eigenvalue weighted by Gasteiger charge is 2.70. The van der Waals surface area contributed by atoms with Gasteiger partial charge in [0.15, 0.2) is 0 Å². The first kappa shape index (κ1) is 18.5. The minimum atomic E-state index is -2.19. The topological polar surface area (TPSA) is 29.1 Å². The van der Waals surface area contributed by atoms with E-state index in [1.165, 1.54) is 6.07 Å². The molecule has 2 aromatic carbocycles. The maximum atomic E-state index is 14.6. The van der Waals surface area contributed by atoms with Crippen LogP contribution in [-0.2, 0) is 4.79 Å². The van der Waals surface area contributed by atoms with Crippen molar-refractivity contribution in [2.24, 2.45) is 5.92 Å². The van der Waals surface area contributed by atoms with Crippen LogP contribution in [0, 0.1) is 5.92 Å². The molecule has 0 saturated heterocycles. The lowest BCUT2D eigenvalue weighted by molar-refractivity contribution is -0.117. The Kier molecular flexibility index (Phi) is 5.04. The average Bonchev–Trinajstić information content (AvgIpc) is 3.11. The molecule has 3 atom stereocenters. The SMILES string of the molecule is C=Cc1cc(NC(=O)C2C(c3cc(Cl)cc(Cl)c3)C2(F)Cl)ccc1Cl. The summed E-state index contributed by atoms with van der Waals surface area (Å²) in [5, 5.41) is 1.68. The van der Waals surface area contributed by atoms with Crippen molar-refractivity contribution in [3.05, 3.63) is 69.2 Å². The molecule has 1 saturated carbocycles. The van der Waals surface area contributed by atoms with E-state index in [0.717, 1.165) is 0 Å². The third-order valence-corrected chi connectivity index (χ3v) is 5.31. The van der Waals surface area contributed by atoms with E-state index in [0.29, 0.717) is 31.9 Å². The number of anilines is 1. The van der Waals surface area contributed by atoms with Gasteiger partial charge >= 0.3 is 0 Å². The molecule has 0 heterocycles. The van der Waals surface area contributed by atoms with Crippen LogP contribution in [-0.4, -0.2) is 11.0 Å². The molecule has 3 unspecified atom stereocenters. The normalized spacial score (nSPS) is 24.7. The van der Waals surface area contributed by atoms with Crippen LogP contribution in [0.15, 0.2) is 43.0 Å². The van der Waals surface area contributed by atoms with Gasteiger partial charge in [-0.05, 0) is 47.5 Å². The minimum absolute atomic E-state index is 0.356. The molecule has 0 spiro atoms. The third-order valence-electron chi connectivity index (χ3n) is 4.06. The summed E-state index contributed by atoms with van der Waals surface area (Å²) in [7, 11) is 0. The molecule has 3 rings (SSSR count). The highest BCUT2D eigenvalue weighted by Crippen LogP contribution is 2.63. The summed E-state index contributed by atoms with van der Waals surface area (Å²) in [6, 6.07) is 9.53. The molecule has 1 amide bonds. The van der Waals surface area contributed by atoms with Crippen LogP contribution in [0.25, 0.3) is 6.08 Å². The number of nitrogens with one attached hydrogen (secondary N) is 1. The molecule has 25 heavy (non-hydrogen) atoms. The van der Waals surface area contributed by atoms with Crippen LogP contribution >= 0.6 is 46.4 Å². The smallest absolute Gasteiger partial charge is 0.232 e. The first-order valence-electron chi connectivity index (χ1n) is 7.30. The Bertz CT molecular complexity index is 848. The monoisotopic (exact) mass is 417 g/mol. The van der Waals surface area contributed by atoms with Crippen LogP contribution in [0.3, 0.4) is 0 Å². The zero-order valence-corrected chi connectivity index (χ0v) is 15.7. The van der Waals surface area contributed by atoms with Gasteiger partial charge in [-0.1, -0.05) is 59.1 Å². The molecule has 0 radical (unpaired) electrons. The molecular formula is C18H12Cl4FNO. The second kappa shape index (κ2) is 6.81. The molecule has 0 aromatic heterocycles. The zero-order valence-electron chi connectivity index (χ0n) is 12.7. The van der Waals surface area contributed by atoms with Crippen molar-refractivity contribution in [1.29, 1.82) is 0 Å². The Morgan fingerprint density at radius 2 is 1.80 bits per heavy atom. The molecule has 0 bridgehead atoms. The molecule has 2 aromatic rings. The minimum Gasteiger partial charge on any atom is -0.326 e. The van der Waals surface area contributed by atoms with Crippen LogP contribution in [0.4, 0.5) is 10.1 Å². The van der Waals surface area contributed by atoms with Gasteiger partial charge in [-0.3, -0.25) is 4.79 Å². The fourth-order valence-electron chi connectivity index (χ4n) is 2.82. The Balaban J connectivity index is 1.82. The van der Waals surface area contributed by atoms with E-state index in [9.17, 15) is 9.18 Å². The number of hydrogen-bond donors (Lipinski definition) is 1. The number of benzene rings is 2. The van der Waals surface area contributed by atoms with Gasteiger partial charge < -0.3 is 5.32 Å². The summed E-state index contributed by atoms with van der Waals surface area (Å²) in [6.07, 6.45) is 1.56. The van der Waals surface area contributed by atoms with E-state index < -0.39 is 22.9 Å². The van der Waals surface area contributed by atoms with E-state index in [4.69, 9.17) is 46.4 Å². The van der Waals surface area contributed by atoms with Crippen molar-refractivity contribution >= 4 is 64.1 Å². The predicted molar refractivity (Wildman–Crippen MR) is 103 cm³/mol. The highest BCUT2D eigenvalue weighted by molar-refractivity contribution is 6.35. The fraction of sp³-hybridized carbons (Fsp3) is 0.167. The lowest BCUT2D eigenvalue weighted by Gasteiger charge is -2.07. The first-order chi connectivity index (χ1) is 11.7. The standard InChI is InChI=1S/C18H12Cl4FNO/c1-2-9-7-13(3-4-14(9)21)24-17(25)16-15(18(16,22)23)10-5-11(19)8-12(20)6-10/h2-8,15-16H,1H2,(H,24,25). The van der Waals surface area contributed by atoms with E-state index in [-0.39, 0.29) is 0 Å². The van der Waals surface area contributed by atoms with E-state index >= 15 is 0 Å². The number of halogens is 5. The van der Waals surface area contributed by atoms with Crippen molar-refractivity contribution in [3.8, 4) is 0 Å². The second-order valence-corrected chi connectivity index (χ2v) is 7.62. The summed E-state index contributed by atoms with van der Waals surface area (Å²) < 4.78 is 14.6. The van der Waals surface area contributed by atoms with E-state index in [1.807, 2.05) is 0 Å². The number of carbonyl (C=O) groups is 1. The van der Waals surface area contributed by atoms with E-state index in [2.05, 4.69) is 11.9 Å². The first-order valence-corrected chi connectivity index (χ1v) is 8.82. The van der Waals surface area contributed by atoms with Crippen LogP contribution in [0.2, 0.25) is 15.1 Å². The van der Waals surface area contributed by atoms with Crippen LogP contribution in [0.1, 0.15) is 17.0 Å². The lowest BCUT2D eigenvalue weighted by Crippen LogP contribution is -2.17. The molecular weight excluding hydrogens is 407 g/mol. The lowest BCUT2D eigenvalue weighted by atomic mass is 10.1. The number of rotatable bonds is 4. The quantitative estimate of drug-likeness (QED) is 0.560. The second-order valence-electron chi connectivity index (χ2n) is 5.76. The molecule has 2 nitrogen and oxygen atoms in total. The predicted octanol–water partition coefficient (Wildman–Crippen LogP) is 6.55. The maximum Gasteiger partial charge on any atom is 0.232 e. The Morgan fingerprint density at radius 1 is 1.16 bits per heavy atom. The zero-order chi connectivity index (χ0) is 18.4.